The molecule has 66 valence electrons. The first-order chi connectivity index (χ1) is 6.27. The summed E-state index contributed by atoms with van der Waals surface area (Å²) in [5.74, 6) is 0. The molecule has 1 nitrogen and oxygen atoms in total. The van der Waals surface area contributed by atoms with Crippen LogP contribution in [0.5, 0.6) is 0 Å². The second kappa shape index (κ2) is 3.75. The predicted molar refractivity (Wildman–Crippen MR) is 65.0 cm³/mol. The Labute approximate surface area is 95.0 Å². The summed E-state index contributed by atoms with van der Waals surface area (Å²) < 4.78 is 1.27. The second-order valence-electron chi connectivity index (χ2n) is 2.74. The monoisotopic (exact) mass is 301 g/mol. The molecule has 0 unspecified atom stereocenters. The number of hydrogen-bond acceptors (Lipinski definition) is 2. The molecule has 13 heavy (non-hydrogen) atoms. The lowest BCUT2D eigenvalue weighted by Crippen LogP contribution is -1.75. The third-order valence-electron chi connectivity index (χ3n) is 1.76. The van der Waals surface area contributed by atoms with E-state index < -0.39 is 0 Å². The van der Waals surface area contributed by atoms with Crippen LogP contribution in [0.1, 0.15) is 5.69 Å². The lowest BCUT2D eigenvalue weighted by molar-refractivity contribution is 1.25. The van der Waals surface area contributed by atoms with Crippen LogP contribution in [0.15, 0.2) is 30.3 Å². The topological polar surface area (TPSA) is 12.9 Å². The molecule has 0 fully saturated rings. The number of rotatable bonds is 1. The zero-order chi connectivity index (χ0) is 9.26. The van der Waals surface area contributed by atoms with E-state index in [2.05, 4.69) is 39.7 Å². The first-order valence-electron chi connectivity index (χ1n) is 3.96. The molecule has 0 amide bonds. The first kappa shape index (κ1) is 9.15. The Morgan fingerprint density at radius 3 is 2.46 bits per heavy atom. The van der Waals surface area contributed by atoms with Crippen molar-refractivity contribution >= 4 is 33.9 Å². The fourth-order valence-electron chi connectivity index (χ4n) is 1.08. The van der Waals surface area contributed by atoms with Crippen LogP contribution >= 0.6 is 33.9 Å². The number of aromatic nitrogens is 1. The number of thiazole rings is 1. The van der Waals surface area contributed by atoms with Gasteiger partial charge in [0.1, 0.15) is 5.01 Å². The van der Waals surface area contributed by atoms with Crippen LogP contribution in [-0.4, -0.2) is 4.98 Å². The van der Waals surface area contributed by atoms with E-state index in [1.807, 2.05) is 25.1 Å². The lowest BCUT2D eigenvalue weighted by Gasteiger charge is -1.92. The van der Waals surface area contributed by atoms with Crippen molar-refractivity contribution in [2.75, 3.05) is 0 Å². The summed E-state index contributed by atoms with van der Waals surface area (Å²) in [6.45, 7) is 2.05. The lowest BCUT2D eigenvalue weighted by atomic mass is 10.2. The smallest absolute Gasteiger partial charge is 0.124 e. The van der Waals surface area contributed by atoms with Gasteiger partial charge in [0, 0.05) is 5.56 Å². The third kappa shape index (κ3) is 1.91. The largest absolute Gasteiger partial charge is 0.240 e. The van der Waals surface area contributed by atoms with E-state index in [4.69, 9.17) is 0 Å². The summed E-state index contributed by atoms with van der Waals surface area (Å²) in [7, 11) is 0. The number of nitrogens with zero attached hydrogens (tertiary/aromatic N) is 1. The average Bonchev–Trinajstić information content (AvgIpc) is 2.49. The van der Waals surface area contributed by atoms with Gasteiger partial charge >= 0.3 is 0 Å². The molecule has 2 rings (SSSR count). The molecule has 0 aliphatic rings. The summed E-state index contributed by atoms with van der Waals surface area (Å²) in [5, 5.41) is 1.11. The molecule has 0 bridgehead atoms. The molecule has 0 saturated heterocycles. The van der Waals surface area contributed by atoms with Gasteiger partial charge in [-0.25, -0.2) is 4.98 Å². The molecule has 1 aromatic heterocycles. The van der Waals surface area contributed by atoms with Crippen molar-refractivity contribution in [3.05, 3.63) is 38.9 Å². The zero-order valence-electron chi connectivity index (χ0n) is 7.12. The van der Waals surface area contributed by atoms with Crippen molar-refractivity contribution < 1.29 is 0 Å². The molecule has 0 radical (unpaired) electrons. The average molecular weight is 301 g/mol. The molecule has 3 heteroatoms. The highest BCUT2D eigenvalue weighted by atomic mass is 127. The summed E-state index contributed by atoms with van der Waals surface area (Å²) in [6, 6.07) is 10.3. The molecule has 0 spiro atoms. The van der Waals surface area contributed by atoms with E-state index in [0.29, 0.717) is 0 Å². The molecule has 0 N–H and O–H groups in total. The van der Waals surface area contributed by atoms with Crippen molar-refractivity contribution in [2.45, 2.75) is 6.92 Å². The maximum absolute atomic E-state index is 4.49. The highest BCUT2D eigenvalue weighted by molar-refractivity contribution is 14.1. The zero-order valence-corrected chi connectivity index (χ0v) is 10.1. The number of halogens is 1. The van der Waals surface area contributed by atoms with Gasteiger partial charge in [-0.05, 0) is 29.5 Å². The van der Waals surface area contributed by atoms with Gasteiger partial charge in [-0.3, -0.25) is 0 Å². The molecule has 0 atom stereocenters. The molecule has 1 aromatic carbocycles. The SMILES string of the molecule is Cc1nc(-c2ccccc2)sc1I. The fourth-order valence-corrected chi connectivity index (χ4v) is 2.63. The molecular weight excluding hydrogens is 293 g/mol. The standard InChI is InChI=1S/C10H8INS/c1-7-9(11)13-10(12-7)8-5-3-2-4-6-8/h2-6H,1H3. The maximum Gasteiger partial charge on any atom is 0.124 e. The van der Waals surface area contributed by atoms with Crippen molar-refractivity contribution in [3.63, 3.8) is 0 Å². The Kier molecular flexibility index (Phi) is 2.64. The second-order valence-corrected chi connectivity index (χ2v) is 5.55. The van der Waals surface area contributed by atoms with Gasteiger partial charge in [0.05, 0.1) is 8.58 Å². The first-order valence-corrected chi connectivity index (χ1v) is 5.85. The van der Waals surface area contributed by atoms with E-state index in [9.17, 15) is 0 Å². The van der Waals surface area contributed by atoms with Crippen molar-refractivity contribution in [3.8, 4) is 10.6 Å². The normalized spacial score (nSPS) is 10.3. The summed E-state index contributed by atoms with van der Waals surface area (Å²) >= 11 is 4.07. The molecule has 1 heterocycles. The van der Waals surface area contributed by atoms with Gasteiger partial charge in [-0.2, -0.15) is 0 Å². The van der Waals surface area contributed by atoms with Crippen LogP contribution in [0.3, 0.4) is 0 Å². The minimum atomic E-state index is 1.11. The van der Waals surface area contributed by atoms with Crippen molar-refractivity contribution in [2.24, 2.45) is 0 Å². The van der Waals surface area contributed by atoms with Crippen LogP contribution in [-0.2, 0) is 0 Å². The van der Waals surface area contributed by atoms with Gasteiger partial charge in [0.25, 0.3) is 0 Å². The Morgan fingerprint density at radius 2 is 1.92 bits per heavy atom. The maximum atomic E-state index is 4.49. The quantitative estimate of drug-likeness (QED) is 0.732. The Hall–Kier alpha value is -0.420. The molecule has 0 aliphatic carbocycles. The molecular formula is C10H8INS. The van der Waals surface area contributed by atoms with Crippen molar-refractivity contribution in [1.82, 2.24) is 4.98 Å². The summed E-state index contributed by atoms with van der Waals surface area (Å²) in [6.07, 6.45) is 0. The van der Waals surface area contributed by atoms with E-state index in [1.165, 1.54) is 8.45 Å². The van der Waals surface area contributed by atoms with Gasteiger partial charge in [-0.1, -0.05) is 30.3 Å². The van der Waals surface area contributed by atoms with E-state index in [-0.39, 0.29) is 0 Å². The van der Waals surface area contributed by atoms with Gasteiger partial charge in [0.15, 0.2) is 0 Å². The van der Waals surface area contributed by atoms with E-state index in [1.54, 1.807) is 11.3 Å². The molecule has 2 aromatic rings. The van der Waals surface area contributed by atoms with Crippen LogP contribution in [0.4, 0.5) is 0 Å². The van der Waals surface area contributed by atoms with E-state index >= 15 is 0 Å². The molecule has 0 saturated carbocycles. The van der Waals surface area contributed by atoms with Crippen LogP contribution in [0.2, 0.25) is 0 Å². The summed E-state index contributed by atoms with van der Waals surface area (Å²) in [5.41, 5.74) is 2.34. The number of benzene rings is 1. The van der Waals surface area contributed by atoms with E-state index in [0.717, 1.165) is 10.7 Å². The van der Waals surface area contributed by atoms with Crippen LogP contribution in [0, 0.1) is 9.81 Å². The third-order valence-corrected chi connectivity index (χ3v) is 4.20. The Bertz CT molecular complexity index is 389. The Balaban J connectivity index is 2.48. The van der Waals surface area contributed by atoms with Gasteiger partial charge in [-0.15, -0.1) is 11.3 Å². The number of aryl methyl sites for hydroxylation is 1. The Morgan fingerprint density at radius 1 is 1.23 bits per heavy atom. The fraction of sp³-hybridized carbons (Fsp3) is 0.100. The highest BCUT2D eigenvalue weighted by Gasteiger charge is 2.05. The number of hydrogen-bond donors (Lipinski definition) is 0. The van der Waals surface area contributed by atoms with Crippen LogP contribution in [0.25, 0.3) is 10.6 Å². The van der Waals surface area contributed by atoms with Crippen molar-refractivity contribution in [1.29, 1.82) is 0 Å². The predicted octanol–water partition coefficient (Wildman–Crippen LogP) is 3.72. The molecule has 0 aliphatic heterocycles. The van der Waals surface area contributed by atoms with Crippen LogP contribution < -0.4 is 0 Å². The minimum absolute atomic E-state index is 1.11. The van der Waals surface area contributed by atoms with Gasteiger partial charge < -0.3 is 0 Å². The minimum Gasteiger partial charge on any atom is -0.240 e. The summed E-state index contributed by atoms with van der Waals surface area (Å²) in [4.78, 5) is 4.49. The van der Waals surface area contributed by atoms with Gasteiger partial charge in [0.2, 0.25) is 0 Å². The highest BCUT2D eigenvalue weighted by Crippen LogP contribution is 2.28.